The molecule has 0 atom stereocenters. The van der Waals surface area contributed by atoms with Gasteiger partial charge in [0.25, 0.3) is 5.91 Å². The molecule has 0 radical (unpaired) electrons. The minimum Gasteiger partial charge on any atom is -0.496 e. The molecule has 1 aliphatic carbocycles. The second kappa shape index (κ2) is 13.2. The predicted molar refractivity (Wildman–Crippen MR) is 162 cm³/mol. The molecular weight excluding hydrogens is 587 g/mol. The number of fused-ring (bicyclic) bond motifs is 1. The van der Waals surface area contributed by atoms with Crippen molar-refractivity contribution < 1.29 is 18.3 Å². The number of nitrogens with zero attached hydrogens (tertiary/aromatic N) is 2. The fraction of sp³-hybridized carbons (Fsp3) is 0.290. The number of methoxy groups -OCH3 is 1. The largest absolute Gasteiger partial charge is 0.496 e. The number of hydrogen-bond donors (Lipinski definition) is 1. The van der Waals surface area contributed by atoms with Crippen LogP contribution in [0.1, 0.15) is 46.5 Å². The van der Waals surface area contributed by atoms with Crippen molar-refractivity contribution in [2.45, 2.75) is 44.3 Å². The van der Waals surface area contributed by atoms with Gasteiger partial charge in [0.15, 0.2) is 0 Å². The van der Waals surface area contributed by atoms with Crippen LogP contribution in [0.25, 0.3) is 21.2 Å². The van der Waals surface area contributed by atoms with Crippen LogP contribution in [-0.4, -0.2) is 37.0 Å². The quantitative estimate of drug-likeness (QED) is 0.229. The maximum atomic E-state index is 14.6. The summed E-state index contributed by atoms with van der Waals surface area (Å²) in [4.78, 5) is 16.1. The van der Waals surface area contributed by atoms with Crippen molar-refractivity contribution in [3.8, 4) is 22.9 Å². The number of hydrogen-bond acceptors (Lipinski definition) is 5. The van der Waals surface area contributed by atoms with E-state index in [2.05, 4.69) is 11.4 Å². The van der Waals surface area contributed by atoms with Crippen LogP contribution in [0.3, 0.4) is 0 Å². The van der Waals surface area contributed by atoms with E-state index in [9.17, 15) is 18.8 Å². The lowest BCUT2D eigenvalue weighted by atomic mass is 9.89. The van der Waals surface area contributed by atoms with E-state index in [4.69, 9.17) is 16.3 Å². The molecule has 0 aliphatic heterocycles. The van der Waals surface area contributed by atoms with Crippen molar-refractivity contribution in [1.82, 2.24) is 10.2 Å². The highest BCUT2D eigenvalue weighted by Gasteiger charge is 2.33. The van der Waals surface area contributed by atoms with Crippen LogP contribution in [0.15, 0.2) is 54.6 Å². The molecule has 1 aliphatic rings. The minimum atomic E-state index is -0.660. The smallest absolute Gasteiger partial charge is 0.266 e. The normalized spacial score (nSPS) is 16.6. The van der Waals surface area contributed by atoms with E-state index in [1.54, 1.807) is 18.1 Å². The first-order valence-corrected chi connectivity index (χ1v) is 14.3. The van der Waals surface area contributed by atoms with Gasteiger partial charge in [-0.05, 0) is 80.3 Å². The third kappa shape index (κ3) is 6.19. The Morgan fingerprint density at radius 2 is 1.80 bits per heavy atom. The van der Waals surface area contributed by atoms with E-state index in [0.717, 1.165) is 65.8 Å². The van der Waals surface area contributed by atoms with Crippen LogP contribution >= 0.6 is 35.3 Å². The molecule has 5 nitrogen and oxygen atoms in total. The van der Waals surface area contributed by atoms with Gasteiger partial charge in [-0.25, -0.2) is 8.78 Å². The molecule has 214 valence electrons. The molecular formula is C31H29Cl2F2N3O2S. The lowest BCUT2D eigenvalue weighted by molar-refractivity contribution is 0.0604. The van der Waals surface area contributed by atoms with Crippen molar-refractivity contribution in [3.05, 3.63) is 87.3 Å². The van der Waals surface area contributed by atoms with Gasteiger partial charge in [0.2, 0.25) is 0 Å². The summed E-state index contributed by atoms with van der Waals surface area (Å²) < 4.78 is 34.9. The maximum absolute atomic E-state index is 14.6. The Hall–Kier alpha value is -3.22. The number of nitriles is 1. The van der Waals surface area contributed by atoms with Crippen LogP contribution in [0.2, 0.25) is 5.02 Å². The van der Waals surface area contributed by atoms with E-state index in [1.165, 1.54) is 0 Å². The third-order valence-corrected chi connectivity index (χ3v) is 9.30. The first-order valence-electron chi connectivity index (χ1n) is 13.1. The van der Waals surface area contributed by atoms with Crippen LogP contribution in [0.5, 0.6) is 5.75 Å². The van der Waals surface area contributed by atoms with Gasteiger partial charge in [-0.1, -0.05) is 29.8 Å². The van der Waals surface area contributed by atoms with Gasteiger partial charge in [0, 0.05) is 24.2 Å². The summed E-state index contributed by atoms with van der Waals surface area (Å²) >= 11 is 7.43. The van der Waals surface area contributed by atoms with E-state index < -0.39 is 11.6 Å². The highest BCUT2D eigenvalue weighted by molar-refractivity contribution is 7.21. The van der Waals surface area contributed by atoms with Gasteiger partial charge < -0.3 is 15.0 Å². The van der Waals surface area contributed by atoms with Crippen LogP contribution in [-0.2, 0) is 6.54 Å². The van der Waals surface area contributed by atoms with Gasteiger partial charge >= 0.3 is 0 Å². The van der Waals surface area contributed by atoms with Crippen LogP contribution in [0, 0.1) is 23.0 Å². The van der Waals surface area contributed by atoms with Gasteiger partial charge in [-0.15, -0.1) is 23.7 Å². The number of rotatable bonds is 7. The molecule has 1 aromatic heterocycles. The maximum Gasteiger partial charge on any atom is 0.266 e. The first-order chi connectivity index (χ1) is 19.3. The van der Waals surface area contributed by atoms with Gasteiger partial charge in [0.1, 0.15) is 22.3 Å². The number of amides is 1. The molecule has 1 saturated carbocycles. The summed E-state index contributed by atoms with van der Waals surface area (Å²) in [6.07, 6.45) is 3.34. The molecule has 5 rings (SSSR count). The van der Waals surface area contributed by atoms with Crippen molar-refractivity contribution >= 4 is 51.3 Å². The highest BCUT2D eigenvalue weighted by Crippen LogP contribution is 2.40. The third-order valence-electron chi connectivity index (χ3n) is 7.63. The highest BCUT2D eigenvalue weighted by atomic mass is 35.5. The van der Waals surface area contributed by atoms with Crippen molar-refractivity contribution in [1.29, 1.82) is 5.26 Å². The average molecular weight is 617 g/mol. The van der Waals surface area contributed by atoms with Crippen LogP contribution in [0.4, 0.5) is 8.78 Å². The van der Waals surface area contributed by atoms with E-state index in [1.807, 2.05) is 43.4 Å². The zero-order valence-corrected chi connectivity index (χ0v) is 24.9. The monoisotopic (exact) mass is 615 g/mol. The molecule has 0 spiro atoms. The zero-order valence-electron chi connectivity index (χ0n) is 22.5. The van der Waals surface area contributed by atoms with Crippen molar-refractivity contribution in [3.63, 3.8) is 0 Å². The molecule has 41 heavy (non-hydrogen) atoms. The lowest BCUT2D eigenvalue weighted by Crippen LogP contribution is -2.44. The standard InChI is InChI=1S/C31H28ClF2N3O2S.ClH/c1-36-22-7-9-23(10-8-22)37(31(38)30-28(32)27-24(33)11-12-25(34)29(27)40-30)17-21-15-20(6-13-26(21)39-2)19-5-3-4-18(14-19)16-35;/h3-6,11-15,22-23,36H,7-10,17H2,1-2H3;1H. The summed E-state index contributed by atoms with van der Waals surface area (Å²) in [5.74, 6) is -1.03. The Bertz CT molecular complexity index is 1610. The van der Waals surface area contributed by atoms with E-state index in [-0.39, 0.29) is 50.9 Å². The molecule has 1 heterocycles. The molecule has 1 N–H and O–H groups in total. The van der Waals surface area contributed by atoms with E-state index in [0.29, 0.717) is 17.4 Å². The number of benzene rings is 3. The number of carbonyl (C=O) groups excluding carboxylic acids is 1. The Balaban J connectivity index is 0.00000387. The Morgan fingerprint density at radius 1 is 1.10 bits per heavy atom. The van der Waals surface area contributed by atoms with Gasteiger partial charge in [-0.2, -0.15) is 5.26 Å². The fourth-order valence-corrected chi connectivity index (χ4v) is 6.95. The number of carbonyl (C=O) groups is 1. The van der Waals surface area contributed by atoms with Crippen LogP contribution < -0.4 is 10.1 Å². The summed E-state index contributed by atoms with van der Waals surface area (Å²) in [7, 11) is 3.51. The average Bonchev–Trinajstić information content (AvgIpc) is 3.35. The topological polar surface area (TPSA) is 65.4 Å². The minimum absolute atomic E-state index is 0. The SMILES string of the molecule is CNC1CCC(N(Cc2cc(-c3cccc(C#N)c3)ccc2OC)C(=O)c2sc3c(F)ccc(F)c3c2Cl)CC1.Cl. The summed E-state index contributed by atoms with van der Waals surface area (Å²) in [6.45, 7) is 0.220. The Labute approximate surface area is 253 Å². The number of thiophene rings is 1. The summed E-state index contributed by atoms with van der Waals surface area (Å²) in [6, 6.07) is 17.6. The van der Waals surface area contributed by atoms with Crippen molar-refractivity contribution in [2.24, 2.45) is 0 Å². The molecule has 4 aromatic rings. The predicted octanol–water partition coefficient (Wildman–Crippen LogP) is 7.97. The molecule has 0 saturated heterocycles. The second-order valence-electron chi connectivity index (χ2n) is 9.92. The molecule has 1 amide bonds. The molecule has 10 heteroatoms. The van der Waals surface area contributed by atoms with Crippen molar-refractivity contribution in [2.75, 3.05) is 14.2 Å². The molecule has 0 bridgehead atoms. The zero-order chi connectivity index (χ0) is 28.4. The van der Waals surface area contributed by atoms with E-state index >= 15 is 0 Å². The van der Waals surface area contributed by atoms with Gasteiger partial charge in [-0.3, -0.25) is 4.79 Å². The first kappa shape index (κ1) is 30.7. The summed E-state index contributed by atoms with van der Waals surface area (Å²) in [5.41, 5.74) is 3.07. The molecule has 3 aromatic carbocycles. The number of ether oxygens (including phenoxy) is 1. The number of halogens is 4. The Morgan fingerprint density at radius 3 is 2.46 bits per heavy atom. The van der Waals surface area contributed by atoms with Gasteiger partial charge in [0.05, 0.1) is 33.9 Å². The molecule has 1 fully saturated rings. The number of nitrogens with one attached hydrogen (secondary N) is 1. The fourth-order valence-electron chi connectivity index (χ4n) is 5.44. The second-order valence-corrected chi connectivity index (χ2v) is 11.3. The Kier molecular flexibility index (Phi) is 9.88. The lowest BCUT2D eigenvalue weighted by Gasteiger charge is -2.37. The summed E-state index contributed by atoms with van der Waals surface area (Å²) in [5, 5.41) is 12.5. The molecule has 0 unspecified atom stereocenters.